The topological polar surface area (TPSA) is 105 Å². The number of nitrogens with zero attached hydrogens (tertiary/aromatic N) is 6. The number of hydrogen-bond donors (Lipinski definition) is 2. The number of pyridine rings is 1. The van der Waals surface area contributed by atoms with Crippen molar-refractivity contribution >= 4 is 10.9 Å². The summed E-state index contributed by atoms with van der Waals surface area (Å²) in [7, 11) is 1.84. The van der Waals surface area contributed by atoms with Crippen LogP contribution in [0, 0.1) is 0 Å². The number of hydrogen-bond acceptors (Lipinski definition) is 7. The number of aliphatic hydroxyl groups is 1. The molecule has 5 heterocycles. The number of H-pyrrole nitrogens is 1. The van der Waals surface area contributed by atoms with Gasteiger partial charge in [-0.3, -0.25) is 10.00 Å². The Morgan fingerprint density at radius 1 is 1.15 bits per heavy atom. The molecule has 0 radical (unpaired) electrons. The average Bonchev–Trinajstić information content (AvgIpc) is 3.44. The second-order valence-corrected chi connectivity index (χ2v) is 10.5. The first-order valence-electron chi connectivity index (χ1n) is 12.1. The third-order valence-electron chi connectivity index (χ3n) is 7.56. The van der Waals surface area contributed by atoms with Gasteiger partial charge in [-0.25, -0.2) is 13.8 Å². The van der Waals surface area contributed by atoms with Crippen molar-refractivity contribution in [1.82, 2.24) is 34.8 Å². The van der Waals surface area contributed by atoms with Gasteiger partial charge in [0.25, 0.3) is 5.92 Å². The second kappa shape index (κ2) is 8.50. The minimum absolute atomic E-state index is 0.0318. The molecule has 9 nitrogen and oxygen atoms in total. The largest absolute Gasteiger partial charge is 0.433 e. The Labute approximate surface area is 218 Å². The normalized spacial score (nSPS) is 20.4. The van der Waals surface area contributed by atoms with Crippen LogP contribution in [0.1, 0.15) is 29.7 Å². The molecule has 1 aromatic carbocycles. The first kappa shape index (κ1) is 25.8. The zero-order valence-electron chi connectivity index (χ0n) is 20.9. The van der Waals surface area contributed by atoms with Crippen molar-refractivity contribution in [3.8, 4) is 11.3 Å². The second-order valence-electron chi connectivity index (χ2n) is 10.5. The van der Waals surface area contributed by atoms with Crippen molar-refractivity contribution in [3.05, 3.63) is 59.4 Å². The molecule has 1 atom stereocenters. The van der Waals surface area contributed by atoms with Crippen LogP contribution in [0.15, 0.2) is 36.7 Å². The zero-order chi connectivity index (χ0) is 27.8. The fourth-order valence-corrected chi connectivity index (χ4v) is 5.18. The number of aromatic amines is 1. The number of halogens is 5. The molecule has 0 amide bonds. The number of nitrogens with one attached hydrogen (secondary N) is 1. The predicted molar refractivity (Wildman–Crippen MR) is 128 cm³/mol. The minimum atomic E-state index is -4.85. The summed E-state index contributed by atoms with van der Waals surface area (Å²) >= 11 is 0. The lowest BCUT2D eigenvalue weighted by atomic mass is 9.75. The highest BCUT2D eigenvalue weighted by Crippen LogP contribution is 2.43. The molecule has 6 rings (SSSR count). The first-order chi connectivity index (χ1) is 18.3. The number of fused-ring (bicyclic) bond motifs is 1. The van der Waals surface area contributed by atoms with Crippen LogP contribution in [0.2, 0.25) is 0 Å². The predicted octanol–water partition coefficient (Wildman–Crippen LogP) is 3.40. The van der Waals surface area contributed by atoms with E-state index in [-0.39, 0.29) is 16.6 Å². The lowest BCUT2D eigenvalue weighted by Crippen LogP contribution is -2.63. The van der Waals surface area contributed by atoms with Gasteiger partial charge in [0.15, 0.2) is 5.72 Å². The maximum absolute atomic E-state index is 13.9. The van der Waals surface area contributed by atoms with Gasteiger partial charge in [0.2, 0.25) is 0 Å². The number of rotatable bonds is 6. The van der Waals surface area contributed by atoms with Crippen LogP contribution >= 0.6 is 0 Å². The van der Waals surface area contributed by atoms with Crippen molar-refractivity contribution in [2.24, 2.45) is 7.05 Å². The van der Waals surface area contributed by atoms with Crippen LogP contribution in [0.4, 0.5) is 22.0 Å². The Bertz CT molecular complexity index is 1550. The quantitative estimate of drug-likeness (QED) is 0.355. The maximum atomic E-state index is 13.9. The Kier molecular flexibility index (Phi) is 5.62. The fourth-order valence-electron chi connectivity index (χ4n) is 5.18. The third-order valence-corrected chi connectivity index (χ3v) is 7.56. The Balaban J connectivity index is 1.45. The number of likely N-dealkylation sites (tertiary alicyclic amines) is 1. The van der Waals surface area contributed by atoms with Gasteiger partial charge >= 0.3 is 6.18 Å². The van der Waals surface area contributed by atoms with Crippen molar-refractivity contribution in [1.29, 1.82) is 0 Å². The molecule has 2 fully saturated rings. The average molecular weight is 550 g/mol. The molecule has 14 heteroatoms. The summed E-state index contributed by atoms with van der Waals surface area (Å²) in [6.45, 7) is 0.398. The molecular weight excluding hydrogens is 525 g/mol. The van der Waals surface area contributed by atoms with Gasteiger partial charge in [0.05, 0.1) is 31.8 Å². The van der Waals surface area contributed by atoms with Gasteiger partial charge in [0.1, 0.15) is 29.2 Å². The number of aryl methyl sites for hydroxylation is 1. The molecule has 2 N–H and O–H groups in total. The smallest absolute Gasteiger partial charge is 0.379 e. The number of benzene rings is 1. The van der Waals surface area contributed by atoms with Crippen LogP contribution in [0.25, 0.3) is 22.2 Å². The van der Waals surface area contributed by atoms with Crippen molar-refractivity contribution in [2.45, 2.75) is 36.6 Å². The zero-order valence-corrected chi connectivity index (χ0v) is 20.9. The Morgan fingerprint density at radius 2 is 1.90 bits per heavy atom. The molecule has 0 unspecified atom stereocenters. The molecular formula is C25H24F5N7O2. The van der Waals surface area contributed by atoms with E-state index in [0.717, 1.165) is 29.3 Å². The summed E-state index contributed by atoms with van der Waals surface area (Å²) < 4.78 is 76.2. The van der Waals surface area contributed by atoms with Gasteiger partial charge < -0.3 is 14.4 Å². The molecule has 0 aliphatic carbocycles. The summed E-state index contributed by atoms with van der Waals surface area (Å²) in [4.78, 5) is 4.64. The van der Waals surface area contributed by atoms with Gasteiger partial charge in [0, 0.05) is 29.8 Å². The van der Waals surface area contributed by atoms with Gasteiger partial charge in [-0.15, -0.1) is 10.2 Å². The van der Waals surface area contributed by atoms with E-state index in [4.69, 9.17) is 4.74 Å². The van der Waals surface area contributed by atoms with Crippen LogP contribution < -0.4 is 0 Å². The summed E-state index contributed by atoms with van der Waals surface area (Å²) in [5.41, 5.74) is -2.63. The molecule has 4 aromatic rings. The van der Waals surface area contributed by atoms with E-state index in [1.807, 2.05) is 23.7 Å². The molecule has 2 aliphatic rings. The molecule has 3 aromatic heterocycles. The van der Waals surface area contributed by atoms with Gasteiger partial charge in [-0.1, -0.05) is 18.2 Å². The van der Waals surface area contributed by atoms with Crippen molar-refractivity contribution < 1.29 is 31.8 Å². The number of ether oxygens (including phenoxy) is 1. The summed E-state index contributed by atoms with van der Waals surface area (Å²) in [5.74, 6) is -2.28. The fraction of sp³-hybridized carbons (Fsp3) is 0.440. The standard InChI is InChI=1S/C25H24F5N7O2/c1-22(38,37-9-24(26,27)10-37)21-20-16(7-17(32-21)25(28,29)30)19(34-35-20)14-4-3-5-15(6-14)23(11-39-12-23)8-18-33-31-13-36(18)2/h3-7,13,38H,8-12H2,1-2H3,(H,34,35)/t22-/m1/s1. The highest BCUT2D eigenvalue weighted by atomic mass is 19.4. The van der Waals surface area contributed by atoms with E-state index in [2.05, 4.69) is 25.4 Å². The van der Waals surface area contributed by atoms with Crippen molar-refractivity contribution in [3.63, 3.8) is 0 Å². The van der Waals surface area contributed by atoms with Crippen molar-refractivity contribution in [2.75, 3.05) is 26.3 Å². The van der Waals surface area contributed by atoms with E-state index >= 15 is 0 Å². The highest BCUT2D eigenvalue weighted by molar-refractivity contribution is 5.94. The monoisotopic (exact) mass is 549 g/mol. The van der Waals surface area contributed by atoms with Crippen LogP contribution in [0.3, 0.4) is 0 Å². The summed E-state index contributed by atoms with van der Waals surface area (Å²) in [6, 6.07) is 8.12. The number of aromatic nitrogens is 6. The lowest BCUT2D eigenvalue weighted by Gasteiger charge is -2.47. The van der Waals surface area contributed by atoms with E-state index in [0.29, 0.717) is 25.2 Å². The van der Waals surface area contributed by atoms with E-state index in [1.165, 1.54) is 0 Å². The molecule has 2 aliphatic heterocycles. The molecule has 0 saturated carbocycles. The lowest BCUT2D eigenvalue weighted by molar-refractivity contribution is -0.231. The SMILES string of the molecule is Cn1cnnc1CC1(c2cccc(-c3n[nH]c4c([C@@](C)(O)N5CC(F)(F)C5)nc(C(F)(F)F)cc34)c2)COC1. The third kappa shape index (κ3) is 4.26. The number of alkyl halides is 5. The van der Waals surface area contributed by atoms with E-state index in [9.17, 15) is 27.1 Å². The van der Waals surface area contributed by atoms with Crippen LogP contribution in [-0.2, 0) is 35.5 Å². The molecule has 0 bridgehead atoms. The van der Waals surface area contributed by atoms with Crippen LogP contribution in [0.5, 0.6) is 0 Å². The van der Waals surface area contributed by atoms with Gasteiger partial charge in [-0.05, 0) is 24.6 Å². The Morgan fingerprint density at radius 3 is 2.49 bits per heavy atom. The van der Waals surface area contributed by atoms with E-state index < -0.39 is 47.7 Å². The maximum Gasteiger partial charge on any atom is 0.433 e. The molecule has 39 heavy (non-hydrogen) atoms. The minimum Gasteiger partial charge on any atom is -0.379 e. The first-order valence-corrected chi connectivity index (χ1v) is 12.1. The van der Waals surface area contributed by atoms with E-state index in [1.54, 1.807) is 18.5 Å². The molecule has 0 spiro atoms. The van der Waals surface area contributed by atoms with Gasteiger partial charge in [-0.2, -0.15) is 18.3 Å². The molecule has 2 saturated heterocycles. The summed E-state index contributed by atoms with van der Waals surface area (Å²) in [6.07, 6.45) is -2.70. The Hall–Kier alpha value is -3.49. The highest BCUT2D eigenvalue weighted by Gasteiger charge is 2.53. The summed E-state index contributed by atoms with van der Waals surface area (Å²) in [5, 5.41) is 26.3. The molecule has 206 valence electrons. The van der Waals surface area contributed by atoms with Crippen LogP contribution in [-0.4, -0.2) is 72.2 Å².